The van der Waals surface area contributed by atoms with Gasteiger partial charge in [-0.15, -0.1) is 0 Å². The highest BCUT2D eigenvalue weighted by Gasteiger charge is 2.01. The molecule has 1 atom stereocenters. The maximum absolute atomic E-state index is 5.58. The molecule has 0 aliphatic carbocycles. The van der Waals surface area contributed by atoms with Gasteiger partial charge in [-0.25, -0.2) is 4.98 Å². The second kappa shape index (κ2) is 2.70. The van der Waals surface area contributed by atoms with Crippen LogP contribution in [0.4, 0.5) is 5.95 Å². The zero-order chi connectivity index (χ0) is 7.56. The summed E-state index contributed by atoms with van der Waals surface area (Å²) < 4.78 is 0. The topological polar surface area (TPSA) is 66.7 Å². The lowest BCUT2D eigenvalue weighted by Crippen LogP contribution is -2.05. The van der Waals surface area contributed by atoms with Gasteiger partial charge in [0.2, 0.25) is 0 Å². The van der Waals surface area contributed by atoms with E-state index in [-0.39, 0.29) is 6.04 Å². The van der Waals surface area contributed by atoms with Crippen LogP contribution in [0.25, 0.3) is 0 Å². The van der Waals surface area contributed by atoms with Crippen LogP contribution in [0.2, 0.25) is 0 Å². The van der Waals surface area contributed by atoms with Gasteiger partial charge in [-0.1, -0.05) is 0 Å². The van der Waals surface area contributed by atoms with Crippen molar-refractivity contribution in [2.75, 3.05) is 12.4 Å². The number of aromatic amines is 1. The molecule has 1 rings (SSSR count). The molecule has 1 aromatic rings. The zero-order valence-corrected chi connectivity index (χ0v) is 6.18. The fourth-order valence-corrected chi connectivity index (χ4v) is 0.694. The lowest BCUT2D eigenvalue weighted by Gasteiger charge is -1.98. The highest BCUT2D eigenvalue weighted by Crippen LogP contribution is 2.07. The number of H-pyrrole nitrogens is 1. The lowest BCUT2D eigenvalue weighted by atomic mass is 10.3. The van der Waals surface area contributed by atoms with Crippen molar-refractivity contribution in [3.05, 3.63) is 11.9 Å². The highest BCUT2D eigenvalue weighted by atomic mass is 15.1. The maximum Gasteiger partial charge on any atom is 0.200 e. The van der Waals surface area contributed by atoms with E-state index in [1.807, 2.05) is 14.0 Å². The van der Waals surface area contributed by atoms with E-state index in [9.17, 15) is 0 Å². The smallest absolute Gasteiger partial charge is 0.200 e. The minimum atomic E-state index is 0.0228. The van der Waals surface area contributed by atoms with Gasteiger partial charge in [0.25, 0.3) is 0 Å². The van der Waals surface area contributed by atoms with Crippen LogP contribution in [-0.4, -0.2) is 17.0 Å². The Bertz CT molecular complexity index is 203. The minimum absolute atomic E-state index is 0.0228. The number of hydrogen-bond acceptors (Lipinski definition) is 3. The normalized spacial score (nSPS) is 13.1. The molecule has 0 aromatic carbocycles. The molecule has 1 aromatic heterocycles. The Morgan fingerprint density at radius 1 is 1.80 bits per heavy atom. The Morgan fingerprint density at radius 3 is 2.80 bits per heavy atom. The molecule has 0 saturated heterocycles. The van der Waals surface area contributed by atoms with Crippen molar-refractivity contribution in [3.8, 4) is 0 Å². The molecule has 0 amide bonds. The summed E-state index contributed by atoms with van der Waals surface area (Å²) in [5, 5.41) is 2.88. The quantitative estimate of drug-likeness (QED) is 0.559. The molecule has 0 spiro atoms. The highest BCUT2D eigenvalue weighted by molar-refractivity contribution is 5.25. The summed E-state index contributed by atoms with van der Waals surface area (Å²) in [6, 6.07) is 0.0228. The average Bonchev–Trinajstić information content (AvgIpc) is 2.34. The molecular weight excluding hydrogens is 128 g/mol. The van der Waals surface area contributed by atoms with Gasteiger partial charge in [0.15, 0.2) is 5.95 Å². The predicted octanol–water partition coefficient (Wildman–Crippen LogP) is 0.471. The van der Waals surface area contributed by atoms with Crippen molar-refractivity contribution in [1.29, 1.82) is 0 Å². The Hall–Kier alpha value is -1.03. The summed E-state index contributed by atoms with van der Waals surface area (Å²) in [6.45, 7) is 1.91. The molecule has 4 nitrogen and oxygen atoms in total. The third-order valence-corrected chi connectivity index (χ3v) is 1.32. The van der Waals surface area contributed by atoms with Crippen LogP contribution in [-0.2, 0) is 0 Å². The number of hydrogen-bond donors (Lipinski definition) is 3. The van der Waals surface area contributed by atoms with Gasteiger partial charge >= 0.3 is 0 Å². The number of imidazole rings is 1. The van der Waals surface area contributed by atoms with Crippen molar-refractivity contribution < 1.29 is 0 Å². The van der Waals surface area contributed by atoms with Crippen molar-refractivity contribution in [2.45, 2.75) is 13.0 Å². The third-order valence-electron chi connectivity index (χ3n) is 1.32. The Balaban J connectivity index is 2.78. The molecule has 0 fully saturated rings. The first-order valence-electron chi connectivity index (χ1n) is 3.22. The molecule has 1 unspecified atom stereocenters. The number of nitrogens with zero attached hydrogens (tertiary/aromatic N) is 1. The molecule has 0 aliphatic rings. The third kappa shape index (κ3) is 1.27. The summed E-state index contributed by atoms with van der Waals surface area (Å²) in [4.78, 5) is 7.02. The van der Waals surface area contributed by atoms with Crippen LogP contribution in [0.5, 0.6) is 0 Å². The van der Waals surface area contributed by atoms with E-state index in [0.29, 0.717) is 0 Å². The molecule has 1 heterocycles. The standard InChI is InChI=1S/C6H12N4/c1-4(7)5-3-9-6(8-2)10-5/h3-4H,7H2,1-2H3,(H2,8,9,10). The second-order valence-electron chi connectivity index (χ2n) is 2.23. The zero-order valence-electron chi connectivity index (χ0n) is 6.18. The molecule has 4 N–H and O–H groups in total. The van der Waals surface area contributed by atoms with E-state index < -0.39 is 0 Å². The fourth-order valence-electron chi connectivity index (χ4n) is 0.694. The Kier molecular flexibility index (Phi) is 1.91. The monoisotopic (exact) mass is 140 g/mol. The summed E-state index contributed by atoms with van der Waals surface area (Å²) in [7, 11) is 1.81. The van der Waals surface area contributed by atoms with Gasteiger partial charge in [-0.2, -0.15) is 0 Å². The van der Waals surface area contributed by atoms with Crippen LogP contribution < -0.4 is 11.1 Å². The summed E-state index contributed by atoms with van der Waals surface area (Å²) >= 11 is 0. The number of anilines is 1. The number of nitrogens with one attached hydrogen (secondary N) is 2. The lowest BCUT2D eigenvalue weighted by molar-refractivity contribution is 0.789. The van der Waals surface area contributed by atoms with Gasteiger partial charge < -0.3 is 16.0 Å². The molecule has 4 heteroatoms. The van der Waals surface area contributed by atoms with Gasteiger partial charge in [-0.05, 0) is 6.92 Å². The first-order valence-corrected chi connectivity index (χ1v) is 3.22. The average molecular weight is 140 g/mol. The van der Waals surface area contributed by atoms with Crippen LogP contribution in [0.3, 0.4) is 0 Å². The number of nitrogens with two attached hydrogens (primary N) is 1. The summed E-state index contributed by atoms with van der Waals surface area (Å²) in [5.74, 6) is 0.757. The molecular formula is C6H12N4. The number of rotatable bonds is 2. The van der Waals surface area contributed by atoms with E-state index in [0.717, 1.165) is 11.6 Å². The van der Waals surface area contributed by atoms with Crippen molar-refractivity contribution in [3.63, 3.8) is 0 Å². The van der Waals surface area contributed by atoms with Crippen LogP contribution >= 0.6 is 0 Å². The molecule has 0 radical (unpaired) electrons. The SMILES string of the molecule is CNc1ncc(C(C)N)[nH]1. The van der Waals surface area contributed by atoms with E-state index >= 15 is 0 Å². The van der Waals surface area contributed by atoms with Crippen LogP contribution in [0.15, 0.2) is 6.20 Å². The van der Waals surface area contributed by atoms with Gasteiger partial charge in [-0.3, -0.25) is 0 Å². The van der Waals surface area contributed by atoms with E-state index in [1.54, 1.807) is 6.20 Å². The van der Waals surface area contributed by atoms with Crippen molar-refractivity contribution >= 4 is 5.95 Å². The minimum Gasteiger partial charge on any atom is -0.359 e. The second-order valence-corrected chi connectivity index (χ2v) is 2.23. The Labute approximate surface area is 59.8 Å². The van der Waals surface area contributed by atoms with E-state index in [4.69, 9.17) is 5.73 Å². The largest absolute Gasteiger partial charge is 0.359 e. The van der Waals surface area contributed by atoms with E-state index in [1.165, 1.54) is 0 Å². The fraction of sp³-hybridized carbons (Fsp3) is 0.500. The van der Waals surface area contributed by atoms with Crippen molar-refractivity contribution in [2.24, 2.45) is 5.73 Å². The number of aromatic nitrogens is 2. The summed E-state index contributed by atoms with van der Waals surface area (Å²) in [6.07, 6.45) is 1.73. The first-order chi connectivity index (χ1) is 4.74. The van der Waals surface area contributed by atoms with Crippen LogP contribution in [0, 0.1) is 0 Å². The maximum atomic E-state index is 5.58. The van der Waals surface area contributed by atoms with Gasteiger partial charge in [0, 0.05) is 13.1 Å². The van der Waals surface area contributed by atoms with Gasteiger partial charge in [0.1, 0.15) is 0 Å². The molecule has 56 valence electrons. The molecule has 10 heavy (non-hydrogen) atoms. The molecule has 0 bridgehead atoms. The van der Waals surface area contributed by atoms with Crippen molar-refractivity contribution in [1.82, 2.24) is 9.97 Å². The molecule has 0 aliphatic heterocycles. The Morgan fingerprint density at radius 2 is 2.50 bits per heavy atom. The van der Waals surface area contributed by atoms with Crippen LogP contribution in [0.1, 0.15) is 18.7 Å². The van der Waals surface area contributed by atoms with Gasteiger partial charge in [0.05, 0.1) is 11.9 Å². The first kappa shape index (κ1) is 7.08. The predicted molar refractivity (Wildman–Crippen MR) is 40.7 cm³/mol. The van der Waals surface area contributed by atoms with E-state index in [2.05, 4.69) is 15.3 Å². The molecule has 0 saturated carbocycles. The summed E-state index contributed by atoms with van der Waals surface area (Å²) in [5.41, 5.74) is 6.53.